The molecule has 1 rings (SSSR count). The first-order valence-corrected chi connectivity index (χ1v) is 3.44. The molecule has 0 spiro atoms. The maximum absolute atomic E-state index is 12.8. The van der Waals surface area contributed by atoms with Crippen LogP contribution >= 0.6 is 12.6 Å². The maximum atomic E-state index is 12.8. The van der Waals surface area contributed by atoms with E-state index < -0.39 is 0 Å². The Labute approximate surface area is 97.8 Å². The molecular formula is C7H8FN2NaS. The molecule has 1 aromatic rings. The summed E-state index contributed by atoms with van der Waals surface area (Å²) in [6.45, 7) is 0. The molecule has 0 saturated carbocycles. The summed E-state index contributed by atoms with van der Waals surface area (Å²) in [5, 5.41) is 9.29. The second-order valence-electron chi connectivity index (χ2n) is 1.95. The van der Waals surface area contributed by atoms with Gasteiger partial charge in [0.1, 0.15) is 5.82 Å². The van der Waals surface area contributed by atoms with Crippen molar-refractivity contribution in [2.24, 2.45) is 0 Å². The Bertz CT molecular complexity index is 280. The Morgan fingerprint density at radius 3 is 2.50 bits per heavy atom. The molecule has 0 heterocycles. The quantitative estimate of drug-likeness (QED) is 0.269. The third kappa shape index (κ3) is 3.58. The number of nitrogens with one attached hydrogen (secondary N) is 2. The van der Waals surface area contributed by atoms with E-state index in [1.54, 1.807) is 18.2 Å². The molecule has 60 valence electrons. The zero-order chi connectivity index (χ0) is 8.27. The number of hydrogen-bond acceptors (Lipinski definition) is 1. The number of thiol groups is 1. The average Bonchev–Trinajstić information content (AvgIpc) is 1.93. The summed E-state index contributed by atoms with van der Waals surface area (Å²) in [4.78, 5) is 0. The fourth-order valence-corrected chi connectivity index (χ4v) is 0.811. The first-order chi connectivity index (χ1) is 5.20. The van der Waals surface area contributed by atoms with Gasteiger partial charge in [-0.3, -0.25) is 5.41 Å². The monoisotopic (exact) mass is 194 g/mol. The van der Waals surface area contributed by atoms with Crippen LogP contribution in [0.15, 0.2) is 24.3 Å². The van der Waals surface area contributed by atoms with Gasteiger partial charge in [0.05, 0.1) is 5.69 Å². The molecule has 0 aromatic heterocycles. The van der Waals surface area contributed by atoms with Gasteiger partial charge >= 0.3 is 29.6 Å². The molecular weight excluding hydrogens is 186 g/mol. The van der Waals surface area contributed by atoms with Gasteiger partial charge < -0.3 is 5.32 Å². The second-order valence-corrected chi connectivity index (χ2v) is 2.40. The fraction of sp³-hybridized carbons (Fsp3) is 0. The molecule has 0 saturated heterocycles. The number of hydrogen-bond donors (Lipinski definition) is 3. The van der Waals surface area contributed by atoms with E-state index in [1.165, 1.54) is 6.07 Å². The van der Waals surface area contributed by atoms with E-state index in [0.29, 0.717) is 0 Å². The Morgan fingerprint density at radius 1 is 1.42 bits per heavy atom. The van der Waals surface area contributed by atoms with Gasteiger partial charge in [0.15, 0.2) is 5.17 Å². The topological polar surface area (TPSA) is 35.9 Å². The van der Waals surface area contributed by atoms with Crippen LogP contribution in [0.1, 0.15) is 0 Å². The van der Waals surface area contributed by atoms with Crippen molar-refractivity contribution in [3.8, 4) is 0 Å². The molecule has 0 aliphatic heterocycles. The molecule has 0 radical (unpaired) electrons. The molecule has 0 fully saturated rings. The number of para-hydroxylation sites is 1. The van der Waals surface area contributed by atoms with E-state index >= 15 is 0 Å². The standard InChI is InChI=1S/C7H7FN2S.Na.H/c8-5-3-1-2-4-6(5)10-7(9)11;;/h1-4H,(H3,9,10,11);;. The average molecular weight is 194 g/mol. The normalized spacial score (nSPS) is 8.50. The van der Waals surface area contributed by atoms with Crippen molar-refractivity contribution in [3.63, 3.8) is 0 Å². The fourth-order valence-electron chi connectivity index (χ4n) is 0.690. The molecule has 2 nitrogen and oxygen atoms in total. The van der Waals surface area contributed by atoms with Gasteiger partial charge in [0.25, 0.3) is 0 Å². The van der Waals surface area contributed by atoms with Crippen molar-refractivity contribution in [3.05, 3.63) is 30.1 Å². The molecule has 0 unspecified atom stereocenters. The van der Waals surface area contributed by atoms with Crippen LogP contribution in [0, 0.1) is 11.2 Å². The number of amidine groups is 1. The number of benzene rings is 1. The molecule has 12 heavy (non-hydrogen) atoms. The summed E-state index contributed by atoms with van der Waals surface area (Å²) in [5.41, 5.74) is 0.271. The summed E-state index contributed by atoms with van der Waals surface area (Å²) in [6.07, 6.45) is 0. The summed E-state index contributed by atoms with van der Waals surface area (Å²) < 4.78 is 12.8. The molecule has 5 heteroatoms. The molecule has 0 aliphatic rings. The van der Waals surface area contributed by atoms with Crippen LogP contribution in [0.3, 0.4) is 0 Å². The Balaban J connectivity index is 0.00000121. The van der Waals surface area contributed by atoms with Crippen LogP contribution in [0.25, 0.3) is 0 Å². The third-order valence-corrected chi connectivity index (χ3v) is 1.24. The number of anilines is 1. The molecule has 1 aromatic carbocycles. The van der Waals surface area contributed by atoms with Crippen molar-refractivity contribution >= 4 is 53.0 Å². The van der Waals surface area contributed by atoms with Crippen molar-refractivity contribution in [2.75, 3.05) is 5.32 Å². The van der Waals surface area contributed by atoms with Crippen LogP contribution < -0.4 is 5.32 Å². The number of rotatable bonds is 1. The van der Waals surface area contributed by atoms with Crippen LogP contribution in [-0.2, 0) is 0 Å². The van der Waals surface area contributed by atoms with E-state index in [2.05, 4.69) is 17.9 Å². The van der Waals surface area contributed by atoms with E-state index in [0.717, 1.165) is 0 Å². The van der Waals surface area contributed by atoms with E-state index in [4.69, 9.17) is 5.41 Å². The van der Waals surface area contributed by atoms with Gasteiger partial charge in [-0.05, 0) is 12.1 Å². The first kappa shape index (κ1) is 12.0. The van der Waals surface area contributed by atoms with Crippen LogP contribution in [0.5, 0.6) is 0 Å². The van der Waals surface area contributed by atoms with Crippen LogP contribution in [-0.4, -0.2) is 34.7 Å². The third-order valence-electron chi connectivity index (χ3n) is 1.13. The van der Waals surface area contributed by atoms with E-state index in [-0.39, 0.29) is 46.2 Å². The van der Waals surface area contributed by atoms with Gasteiger partial charge in [0.2, 0.25) is 0 Å². The Kier molecular flexibility index (Phi) is 5.57. The predicted molar refractivity (Wildman–Crippen MR) is 53.9 cm³/mol. The van der Waals surface area contributed by atoms with E-state index in [1.807, 2.05) is 0 Å². The molecule has 2 N–H and O–H groups in total. The zero-order valence-electron chi connectivity index (χ0n) is 5.63. The minimum atomic E-state index is -0.383. The predicted octanol–water partition coefficient (Wildman–Crippen LogP) is 1.45. The Hall–Kier alpha value is -0.0300. The Morgan fingerprint density at radius 2 is 2.00 bits per heavy atom. The van der Waals surface area contributed by atoms with Crippen molar-refractivity contribution < 1.29 is 4.39 Å². The summed E-state index contributed by atoms with van der Waals surface area (Å²) in [7, 11) is 0. The SMILES string of the molecule is N=C(S)Nc1ccccc1F.[NaH]. The molecule has 0 aliphatic carbocycles. The van der Waals surface area contributed by atoms with Crippen molar-refractivity contribution in [2.45, 2.75) is 0 Å². The van der Waals surface area contributed by atoms with Crippen molar-refractivity contribution in [1.29, 1.82) is 5.41 Å². The van der Waals surface area contributed by atoms with Gasteiger partial charge in [-0.1, -0.05) is 12.1 Å². The molecule has 0 amide bonds. The van der Waals surface area contributed by atoms with Gasteiger partial charge in [-0.2, -0.15) is 0 Å². The van der Waals surface area contributed by atoms with Gasteiger partial charge in [0, 0.05) is 0 Å². The van der Waals surface area contributed by atoms with Gasteiger partial charge in [-0.25, -0.2) is 4.39 Å². The van der Waals surface area contributed by atoms with Crippen LogP contribution in [0.2, 0.25) is 0 Å². The van der Waals surface area contributed by atoms with Crippen LogP contribution in [0.4, 0.5) is 10.1 Å². The number of halogens is 1. The van der Waals surface area contributed by atoms with Crippen molar-refractivity contribution in [1.82, 2.24) is 0 Å². The summed E-state index contributed by atoms with van der Waals surface area (Å²) in [5.74, 6) is -0.383. The summed E-state index contributed by atoms with van der Waals surface area (Å²) in [6, 6.07) is 6.13. The summed E-state index contributed by atoms with van der Waals surface area (Å²) >= 11 is 3.66. The zero-order valence-corrected chi connectivity index (χ0v) is 6.53. The molecule has 0 atom stereocenters. The first-order valence-electron chi connectivity index (χ1n) is 2.99. The molecule has 0 bridgehead atoms. The minimum absolute atomic E-state index is 0. The second kappa shape index (κ2) is 5.59. The van der Waals surface area contributed by atoms with E-state index in [9.17, 15) is 4.39 Å². The van der Waals surface area contributed by atoms with Gasteiger partial charge in [-0.15, -0.1) is 12.6 Å².